The van der Waals surface area contributed by atoms with Crippen LogP contribution in [0.4, 0.5) is 11.4 Å². The Morgan fingerprint density at radius 1 is 1.09 bits per heavy atom. The topological polar surface area (TPSA) is 96.0 Å². The van der Waals surface area contributed by atoms with Crippen LogP contribution in [0.1, 0.15) is 44.0 Å². The quantitative estimate of drug-likeness (QED) is 0.560. The third kappa shape index (κ3) is 5.91. The number of rotatable bonds is 9. The maximum Gasteiger partial charge on any atom is 0.304 e. The molecule has 178 valence electrons. The van der Waals surface area contributed by atoms with Gasteiger partial charge >= 0.3 is 10.2 Å². The molecule has 0 radical (unpaired) electrons. The number of hydrogen-bond acceptors (Lipinski definition) is 5. The molecule has 0 aromatic heterocycles. The van der Waals surface area contributed by atoms with E-state index in [-0.39, 0.29) is 24.8 Å². The number of hydrogen-bond donors (Lipinski definition) is 1. The van der Waals surface area contributed by atoms with Crippen molar-refractivity contribution in [3.8, 4) is 5.75 Å². The predicted octanol–water partition coefficient (Wildman–Crippen LogP) is 3.71. The number of ether oxygens (including phenoxy) is 1. The zero-order chi connectivity index (χ0) is 24.0. The van der Waals surface area contributed by atoms with Crippen LogP contribution >= 0.6 is 0 Å². The molecule has 1 N–H and O–H groups in total. The van der Waals surface area contributed by atoms with Gasteiger partial charge in [0.15, 0.2) is 5.78 Å². The molecule has 2 aromatic rings. The van der Waals surface area contributed by atoms with Crippen LogP contribution < -0.4 is 14.4 Å². The molecule has 0 aliphatic carbocycles. The van der Waals surface area contributed by atoms with Crippen LogP contribution in [-0.4, -0.2) is 50.7 Å². The molecule has 33 heavy (non-hydrogen) atoms. The number of piperidine rings is 1. The second-order valence-corrected chi connectivity index (χ2v) is 9.77. The molecule has 8 nitrogen and oxygen atoms in total. The molecule has 0 unspecified atom stereocenters. The van der Waals surface area contributed by atoms with Gasteiger partial charge in [-0.05, 0) is 82.1 Å². The molecule has 1 aliphatic heterocycles. The van der Waals surface area contributed by atoms with Crippen molar-refractivity contribution in [2.24, 2.45) is 5.92 Å². The first kappa shape index (κ1) is 24.7. The number of ketones is 1. The standard InChI is InChI=1S/C24H31N3O5S/c1-4-27(22-12-14-23(15-13-22)32-5-2)33(30,31)26-16-6-7-20(17-26)24(29)25-21-10-8-19(9-11-21)18(3)28/h8-15,20H,4-7,16-17H2,1-3H3,(H,25,29)/t20-/m1/s1. The first-order valence-electron chi connectivity index (χ1n) is 11.2. The first-order chi connectivity index (χ1) is 15.8. The molecule has 1 saturated heterocycles. The van der Waals surface area contributed by atoms with E-state index in [9.17, 15) is 18.0 Å². The van der Waals surface area contributed by atoms with Crippen LogP contribution in [0.2, 0.25) is 0 Å². The van der Waals surface area contributed by atoms with Crippen molar-refractivity contribution < 1.29 is 22.7 Å². The Balaban J connectivity index is 1.70. The smallest absolute Gasteiger partial charge is 0.304 e. The average Bonchev–Trinajstić information content (AvgIpc) is 2.81. The Kier molecular flexibility index (Phi) is 8.10. The summed E-state index contributed by atoms with van der Waals surface area (Å²) in [6, 6.07) is 13.6. The molecular formula is C24H31N3O5S. The number of Topliss-reactive ketones (excluding diaryl/α,β-unsaturated/α-hetero) is 1. The lowest BCUT2D eigenvalue weighted by atomic mass is 9.98. The van der Waals surface area contributed by atoms with Crippen LogP contribution in [-0.2, 0) is 15.0 Å². The second-order valence-electron chi connectivity index (χ2n) is 7.92. The van der Waals surface area contributed by atoms with Gasteiger partial charge in [-0.1, -0.05) is 0 Å². The largest absolute Gasteiger partial charge is 0.494 e. The maximum atomic E-state index is 13.4. The van der Waals surface area contributed by atoms with Crippen LogP contribution in [0.5, 0.6) is 5.75 Å². The molecule has 0 spiro atoms. The summed E-state index contributed by atoms with van der Waals surface area (Å²) in [5.74, 6) is -0.0515. The summed E-state index contributed by atoms with van der Waals surface area (Å²) in [5, 5.41) is 2.84. The Hall–Kier alpha value is -2.91. The van der Waals surface area contributed by atoms with Crippen molar-refractivity contribution in [2.45, 2.75) is 33.6 Å². The molecule has 0 bridgehead atoms. The Labute approximate surface area is 195 Å². The van der Waals surface area contributed by atoms with E-state index >= 15 is 0 Å². The number of benzene rings is 2. The molecule has 1 atom stereocenters. The molecule has 1 fully saturated rings. The summed E-state index contributed by atoms with van der Waals surface area (Å²) in [4.78, 5) is 24.3. The van der Waals surface area contributed by atoms with Crippen LogP contribution in [0, 0.1) is 5.92 Å². The zero-order valence-electron chi connectivity index (χ0n) is 19.3. The lowest BCUT2D eigenvalue weighted by Crippen LogP contribution is -2.50. The SMILES string of the molecule is CCOc1ccc(N(CC)S(=O)(=O)N2CCC[C@@H](C(=O)Nc3ccc(C(C)=O)cc3)C2)cc1. The van der Waals surface area contributed by atoms with E-state index in [1.807, 2.05) is 6.92 Å². The van der Waals surface area contributed by atoms with E-state index in [0.29, 0.717) is 48.7 Å². The lowest BCUT2D eigenvalue weighted by molar-refractivity contribution is -0.120. The van der Waals surface area contributed by atoms with Gasteiger partial charge in [-0.25, -0.2) is 0 Å². The summed E-state index contributed by atoms with van der Waals surface area (Å²) in [7, 11) is -3.80. The van der Waals surface area contributed by atoms with Gasteiger partial charge in [0, 0.05) is 30.9 Å². The molecule has 0 saturated carbocycles. The van der Waals surface area contributed by atoms with Crippen molar-refractivity contribution >= 4 is 33.3 Å². The third-order valence-electron chi connectivity index (χ3n) is 5.64. The Morgan fingerprint density at radius 2 is 1.76 bits per heavy atom. The highest BCUT2D eigenvalue weighted by atomic mass is 32.2. The summed E-state index contributed by atoms with van der Waals surface area (Å²) in [5.41, 5.74) is 1.70. The summed E-state index contributed by atoms with van der Waals surface area (Å²) in [6.45, 7) is 6.45. The van der Waals surface area contributed by atoms with E-state index < -0.39 is 16.1 Å². The van der Waals surface area contributed by atoms with E-state index in [1.165, 1.54) is 15.5 Å². The van der Waals surface area contributed by atoms with Crippen molar-refractivity contribution in [1.82, 2.24) is 4.31 Å². The maximum absolute atomic E-state index is 13.4. The highest BCUT2D eigenvalue weighted by Crippen LogP contribution is 2.27. The Morgan fingerprint density at radius 3 is 2.33 bits per heavy atom. The van der Waals surface area contributed by atoms with Crippen molar-refractivity contribution in [3.63, 3.8) is 0 Å². The summed E-state index contributed by atoms with van der Waals surface area (Å²) >= 11 is 0. The second kappa shape index (κ2) is 10.8. The van der Waals surface area contributed by atoms with E-state index in [1.54, 1.807) is 55.5 Å². The highest BCUT2D eigenvalue weighted by Gasteiger charge is 2.35. The summed E-state index contributed by atoms with van der Waals surface area (Å²) < 4.78 is 35.0. The van der Waals surface area contributed by atoms with Gasteiger partial charge in [-0.3, -0.25) is 13.9 Å². The molecular weight excluding hydrogens is 442 g/mol. The molecule has 1 amide bonds. The molecule has 9 heteroatoms. The fraction of sp³-hybridized carbons (Fsp3) is 0.417. The summed E-state index contributed by atoms with van der Waals surface area (Å²) in [6.07, 6.45) is 1.21. The van der Waals surface area contributed by atoms with Gasteiger partial charge in [-0.2, -0.15) is 12.7 Å². The van der Waals surface area contributed by atoms with E-state index in [2.05, 4.69) is 5.32 Å². The molecule has 1 aliphatic rings. The van der Waals surface area contributed by atoms with Gasteiger partial charge in [0.2, 0.25) is 5.91 Å². The normalized spacial score (nSPS) is 16.8. The number of nitrogens with zero attached hydrogens (tertiary/aromatic N) is 2. The van der Waals surface area contributed by atoms with Crippen molar-refractivity contribution in [3.05, 3.63) is 54.1 Å². The van der Waals surface area contributed by atoms with Crippen LogP contribution in [0.3, 0.4) is 0 Å². The molecule has 2 aromatic carbocycles. The highest BCUT2D eigenvalue weighted by molar-refractivity contribution is 7.90. The van der Waals surface area contributed by atoms with Crippen molar-refractivity contribution in [1.29, 1.82) is 0 Å². The average molecular weight is 474 g/mol. The van der Waals surface area contributed by atoms with Gasteiger partial charge in [-0.15, -0.1) is 0 Å². The predicted molar refractivity (Wildman–Crippen MR) is 129 cm³/mol. The minimum atomic E-state index is -3.80. The van der Waals surface area contributed by atoms with Gasteiger partial charge in [0.25, 0.3) is 0 Å². The van der Waals surface area contributed by atoms with Gasteiger partial charge < -0.3 is 10.1 Å². The minimum Gasteiger partial charge on any atom is -0.494 e. The fourth-order valence-corrected chi connectivity index (χ4v) is 5.61. The number of anilines is 2. The number of nitrogens with one attached hydrogen (secondary N) is 1. The monoisotopic (exact) mass is 473 g/mol. The zero-order valence-corrected chi connectivity index (χ0v) is 20.1. The van der Waals surface area contributed by atoms with Crippen LogP contribution in [0.25, 0.3) is 0 Å². The third-order valence-corrected chi connectivity index (χ3v) is 7.65. The van der Waals surface area contributed by atoms with Crippen LogP contribution in [0.15, 0.2) is 48.5 Å². The molecule has 1 heterocycles. The van der Waals surface area contributed by atoms with E-state index in [4.69, 9.17) is 4.74 Å². The van der Waals surface area contributed by atoms with Crippen molar-refractivity contribution in [2.75, 3.05) is 35.9 Å². The molecule has 3 rings (SSSR count). The Bertz CT molecular complexity index is 1070. The minimum absolute atomic E-state index is 0.0472. The number of carbonyl (C=O) groups is 2. The number of amides is 1. The fourth-order valence-electron chi connectivity index (χ4n) is 3.89. The first-order valence-corrected chi connectivity index (χ1v) is 12.6. The van der Waals surface area contributed by atoms with Gasteiger partial charge in [0.05, 0.1) is 18.2 Å². The van der Waals surface area contributed by atoms with E-state index in [0.717, 1.165) is 0 Å². The number of carbonyl (C=O) groups excluding carboxylic acids is 2. The van der Waals surface area contributed by atoms with Gasteiger partial charge in [0.1, 0.15) is 5.75 Å². The lowest BCUT2D eigenvalue weighted by Gasteiger charge is -2.35.